The van der Waals surface area contributed by atoms with Gasteiger partial charge in [-0.1, -0.05) is 0 Å². The van der Waals surface area contributed by atoms with E-state index in [0.717, 1.165) is 5.56 Å². The Morgan fingerprint density at radius 1 is 1.44 bits per heavy atom. The largest absolute Gasteiger partial charge is 0.475 e. The monoisotopic (exact) mass is 246 g/mol. The molecule has 0 amide bonds. The van der Waals surface area contributed by atoms with Crippen molar-refractivity contribution < 1.29 is 14.3 Å². The van der Waals surface area contributed by atoms with E-state index in [1.807, 2.05) is 19.1 Å². The van der Waals surface area contributed by atoms with Gasteiger partial charge >= 0.3 is 5.97 Å². The van der Waals surface area contributed by atoms with Crippen molar-refractivity contribution in [2.24, 2.45) is 0 Å². The zero-order valence-electron chi connectivity index (χ0n) is 9.96. The fraction of sp³-hybridized carbons (Fsp3) is 0.231. The highest BCUT2D eigenvalue weighted by Gasteiger charge is 2.14. The second kappa shape index (κ2) is 5.46. The number of carboxylic acid groups (broad SMARTS) is 1. The van der Waals surface area contributed by atoms with Crippen LogP contribution in [0.4, 0.5) is 0 Å². The average Bonchev–Trinajstić information content (AvgIpc) is 2.85. The molecule has 5 nitrogen and oxygen atoms in total. The van der Waals surface area contributed by atoms with E-state index in [1.54, 1.807) is 18.5 Å². The van der Waals surface area contributed by atoms with Gasteiger partial charge in [-0.2, -0.15) is 0 Å². The Balaban J connectivity index is 1.99. The van der Waals surface area contributed by atoms with Crippen molar-refractivity contribution in [3.05, 3.63) is 53.7 Å². The zero-order chi connectivity index (χ0) is 13.0. The van der Waals surface area contributed by atoms with Crippen LogP contribution >= 0.6 is 0 Å². The standard InChI is InChI=1S/C13H14N2O3/c1-9(10-2-5-14-6-3-10)15-8-11-4-7-18-12(11)13(16)17/h2-7,9,15H,8H2,1H3,(H,16,17)/t9-/m0/s1. The van der Waals surface area contributed by atoms with Gasteiger partial charge in [0.15, 0.2) is 0 Å². The first-order valence-electron chi connectivity index (χ1n) is 5.61. The minimum Gasteiger partial charge on any atom is -0.475 e. The third-order valence-corrected chi connectivity index (χ3v) is 2.75. The Hall–Kier alpha value is -2.14. The number of carboxylic acids is 1. The SMILES string of the molecule is C[C@H](NCc1ccoc1C(=O)O)c1ccncc1. The number of rotatable bonds is 5. The zero-order valence-corrected chi connectivity index (χ0v) is 9.96. The number of nitrogens with one attached hydrogen (secondary N) is 1. The third-order valence-electron chi connectivity index (χ3n) is 2.75. The van der Waals surface area contributed by atoms with Crippen LogP contribution in [0.2, 0.25) is 0 Å². The summed E-state index contributed by atoms with van der Waals surface area (Å²) in [6.45, 7) is 2.46. The molecule has 2 heterocycles. The Kier molecular flexibility index (Phi) is 3.74. The second-order valence-electron chi connectivity index (χ2n) is 3.96. The van der Waals surface area contributed by atoms with Crippen molar-refractivity contribution in [2.75, 3.05) is 0 Å². The van der Waals surface area contributed by atoms with Crippen LogP contribution in [-0.4, -0.2) is 16.1 Å². The number of nitrogens with zero attached hydrogens (tertiary/aromatic N) is 1. The fourth-order valence-corrected chi connectivity index (χ4v) is 1.70. The maximum atomic E-state index is 10.9. The smallest absolute Gasteiger partial charge is 0.372 e. The lowest BCUT2D eigenvalue weighted by Crippen LogP contribution is -2.19. The molecule has 0 unspecified atom stereocenters. The molecule has 18 heavy (non-hydrogen) atoms. The summed E-state index contributed by atoms with van der Waals surface area (Å²) in [4.78, 5) is 14.8. The molecule has 2 aromatic rings. The summed E-state index contributed by atoms with van der Waals surface area (Å²) in [6.07, 6.45) is 4.85. The second-order valence-corrected chi connectivity index (χ2v) is 3.96. The van der Waals surface area contributed by atoms with Gasteiger partial charge in [0.05, 0.1) is 6.26 Å². The minimum atomic E-state index is -1.05. The van der Waals surface area contributed by atoms with Crippen LogP contribution in [0.15, 0.2) is 41.3 Å². The van der Waals surface area contributed by atoms with Gasteiger partial charge in [0, 0.05) is 30.5 Å². The number of pyridine rings is 1. The highest BCUT2D eigenvalue weighted by Crippen LogP contribution is 2.14. The Labute approximate surface area is 104 Å². The van der Waals surface area contributed by atoms with E-state index >= 15 is 0 Å². The Morgan fingerprint density at radius 3 is 2.83 bits per heavy atom. The summed E-state index contributed by atoms with van der Waals surface area (Å²) >= 11 is 0. The van der Waals surface area contributed by atoms with E-state index in [4.69, 9.17) is 9.52 Å². The lowest BCUT2D eigenvalue weighted by molar-refractivity contribution is 0.0660. The van der Waals surface area contributed by atoms with Crippen LogP contribution in [0, 0.1) is 0 Å². The molecule has 0 fully saturated rings. The van der Waals surface area contributed by atoms with Crippen LogP contribution < -0.4 is 5.32 Å². The van der Waals surface area contributed by atoms with Crippen molar-refractivity contribution in [2.45, 2.75) is 19.5 Å². The molecule has 0 radical (unpaired) electrons. The third kappa shape index (κ3) is 2.75. The van der Waals surface area contributed by atoms with E-state index in [2.05, 4.69) is 10.3 Å². The van der Waals surface area contributed by atoms with Gasteiger partial charge in [-0.15, -0.1) is 0 Å². The molecule has 0 aromatic carbocycles. The van der Waals surface area contributed by atoms with Gasteiger partial charge in [0.1, 0.15) is 0 Å². The minimum absolute atomic E-state index is 0.00979. The molecule has 2 rings (SSSR count). The maximum absolute atomic E-state index is 10.9. The summed E-state index contributed by atoms with van der Waals surface area (Å²) in [5.41, 5.74) is 1.74. The first kappa shape index (κ1) is 12.3. The number of furan rings is 1. The Morgan fingerprint density at radius 2 is 2.17 bits per heavy atom. The normalized spacial score (nSPS) is 12.3. The van der Waals surface area contributed by atoms with Gasteiger partial charge in [0.2, 0.25) is 5.76 Å². The molecular formula is C13H14N2O3. The topological polar surface area (TPSA) is 75.4 Å². The number of hydrogen-bond acceptors (Lipinski definition) is 4. The van der Waals surface area contributed by atoms with E-state index in [0.29, 0.717) is 12.1 Å². The lowest BCUT2D eigenvalue weighted by Gasteiger charge is -2.13. The van der Waals surface area contributed by atoms with Crippen molar-refractivity contribution in [3.63, 3.8) is 0 Å². The quantitative estimate of drug-likeness (QED) is 0.846. The molecule has 2 N–H and O–H groups in total. The number of aromatic carboxylic acids is 1. The van der Waals surface area contributed by atoms with Gasteiger partial charge in [-0.3, -0.25) is 4.98 Å². The highest BCUT2D eigenvalue weighted by atomic mass is 16.4. The molecule has 5 heteroatoms. The molecule has 94 valence electrons. The van der Waals surface area contributed by atoms with Crippen LogP contribution in [-0.2, 0) is 6.54 Å². The molecule has 0 spiro atoms. The van der Waals surface area contributed by atoms with Gasteiger partial charge in [-0.05, 0) is 30.7 Å². The fourth-order valence-electron chi connectivity index (χ4n) is 1.70. The van der Waals surface area contributed by atoms with Crippen LogP contribution in [0.5, 0.6) is 0 Å². The summed E-state index contributed by atoms with van der Waals surface area (Å²) in [6, 6.07) is 5.62. The molecule has 0 aliphatic heterocycles. The summed E-state index contributed by atoms with van der Waals surface area (Å²) in [5.74, 6) is -1.06. The molecular weight excluding hydrogens is 232 g/mol. The molecule has 0 saturated heterocycles. The number of carbonyl (C=O) groups is 1. The summed E-state index contributed by atoms with van der Waals surface area (Å²) < 4.78 is 4.91. The number of aromatic nitrogens is 1. The molecule has 0 bridgehead atoms. The van der Waals surface area contributed by atoms with Gasteiger partial charge in [0.25, 0.3) is 0 Å². The highest BCUT2D eigenvalue weighted by molar-refractivity contribution is 5.86. The molecule has 1 atom stereocenters. The van der Waals surface area contributed by atoms with Crippen LogP contribution in [0.3, 0.4) is 0 Å². The van der Waals surface area contributed by atoms with Crippen molar-refractivity contribution in [1.82, 2.24) is 10.3 Å². The van der Waals surface area contributed by atoms with E-state index in [-0.39, 0.29) is 11.8 Å². The average molecular weight is 246 g/mol. The van der Waals surface area contributed by atoms with Crippen LogP contribution in [0.25, 0.3) is 0 Å². The number of hydrogen-bond donors (Lipinski definition) is 2. The predicted octanol–water partition coefficient (Wildman–Crippen LogP) is 2.22. The van der Waals surface area contributed by atoms with Gasteiger partial charge in [-0.25, -0.2) is 4.79 Å². The summed E-state index contributed by atoms with van der Waals surface area (Å²) in [7, 11) is 0. The first-order valence-corrected chi connectivity index (χ1v) is 5.61. The summed E-state index contributed by atoms with van der Waals surface area (Å²) in [5, 5.41) is 12.2. The maximum Gasteiger partial charge on any atom is 0.372 e. The van der Waals surface area contributed by atoms with Crippen molar-refractivity contribution in [1.29, 1.82) is 0 Å². The van der Waals surface area contributed by atoms with Crippen LogP contribution in [0.1, 0.15) is 34.6 Å². The first-order chi connectivity index (χ1) is 8.68. The molecule has 0 aliphatic rings. The van der Waals surface area contributed by atoms with E-state index < -0.39 is 5.97 Å². The van der Waals surface area contributed by atoms with Crippen molar-refractivity contribution in [3.8, 4) is 0 Å². The van der Waals surface area contributed by atoms with Gasteiger partial charge < -0.3 is 14.8 Å². The predicted molar refractivity (Wildman–Crippen MR) is 65.2 cm³/mol. The van der Waals surface area contributed by atoms with Crippen molar-refractivity contribution >= 4 is 5.97 Å². The lowest BCUT2D eigenvalue weighted by atomic mass is 10.1. The molecule has 0 saturated carbocycles. The molecule has 2 aromatic heterocycles. The van der Waals surface area contributed by atoms with E-state index in [9.17, 15) is 4.79 Å². The Bertz CT molecular complexity index is 522. The van der Waals surface area contributed by atoms with E-state index in [1.165, 1.54) is 6.26 Å². The molecule has 0 aliphatic carbocycles.